The van der Waals surface area contributed by atoms with E-state index in [1.165, 1.54) is 17.0 Å². The van der Waals surface area contributed by atoms with E-state index in [9.17, 15) is 18.4 Å². The average molecular weight is 379 g/mol. The molecule has 2 aromatic rings. The molecule has 0 unspecified atom stereocenters. The zero-order chi connectivity index (χ0) is 19.8. The molecule has 2 rings (SSSR count). The van der Waals surface area contributed by atoms with Crippen LogP contribution in [0.1, 0.15) is 11.1 Å². The standard InChI is InChI=1S/C19H19F2NO5/c1-22(11-14-4-6-15(7-5-14)26-12-18(24)25)17(23)10-13-2-8-16(9-3-13)27-19(20)21/h2-9,19H,10-12H2,1H3,(H,24,25). The van der Waals surface area contributed by atoms with Crippen LogP contribution in [0, 0.1) is 0 Å². The van der Waals surface area contributed by atoms with Gasteiger partial charge in [0.15, 0.2) is 6.61 Å². The molecule has 0 aromatic heterocycles. The summed E-state index contributed by atoms with van der Waals surface area (Å²) in [6, 6.07) is 12.7. The van der Waals surface area contributed by atoms with Gasteiger partial charge in [-0.2, -0.15) is 8.78 Å². The van der Waals surface area contributed by atoms with Gasteiger partial charge in [0.2, 0.25) is 5.91 Å². The summed E-state index contributed by atoms with van der Waals surface area (Å²) in [4.78, 5) is 24.3. The first kappa shape index (κ1) is 20.2. The minimum absolute atomic E-state index is 0.0414. The molecule has 27 heavy (non-hydrogen) atoms. The van der Waals surface area contributed by atoms with Crippen molar-refractivity contribution in [2.75, 3.05) is 13.7 Å². The van der Waals surface area contributed by atoms with E-state index in [2.05, 4.69) is 4.74 Å². The van der Waals surface area contributed by atoms with Gasteiger partial charge in [-0.15, -0.1) is 0 Å². The Morgan fingerprint density at radius 1 is 1.00 bits per heavy atom. The lowest BCUT2D eigenvalue weighted by atomic mass is 10.1. The first-order valence-electron chi connectivity index (χ1n) is 8.04. The molecule has 2 aromatic carbocycles. The third-order valence-electron chi connectivity index (χ3n) is 3.64. The molecule has 0 spiro atoms. The monoisotopic (exact) mass is 379 g/mol. The molecule has 0 saturated carbocycles. The molecule has 0 aliphatic rings. The highest BCUT2D eigenvalue weighted by atomic mass is 19.3. The van der Waals surface area contributed by atoms with Gasteiger partial charge < -0.3 is 19.5 Å². The fraction of sp³-hybridized carbons (Fsp3) is 0.263. The Labute approximate surface area is 154 Å². The Hall–Kier alpha value is -3.16. The number of hydrogen-bond donors (Lipinski definition) is 1. The number of ether oxygens (including phenoxy) is 2. The van der Waals surface area contributed by atoms with Gasteiger partial charge in [0.1, 0.15) is 11.5 Å². The number of likely N-dealkylation sites (N-methyl/N-ethyl adjacent to an activating group) is 1. The lowest BCUT2D eigenvalue weighted by molar-refractivity contribution is -0.139. The van der Waals surface area contributed by atoms with E-state index in [1.54, 1.807) is 43.4 Å². The normalized spacial score (nSPS) is 10.5. The summed E-state index contributed by atoms with van der Waals surface area (Å²) in [5.74, 6) is -0.720. The van der Waals surface area contributed by atoms with Crippen LogP contribution in [0.25, 0.3) is 0 Å². The molecule has 0 atom stereocenters. The number of rotatable bonds is 9. The molecule has 0 bridgehead atoms. The van der Waals surface area contributed by atoms with Crippen LogP contribution >= 0.6 is 0 Å². The van der Waals surface area contributed by atoms with Crippen LogP contribution in [-0.2, 0) is 22.6 Å². The van der Waals surface area contributed by atoms with Gasteiger partial charge in [-0.25, -0.2) is 4.79 Å². The maximum atomic E-state index is 12.3. The van der Waals surface area contributed by atoms with E-state index < -0.39 is 19.2 Å². The van der Waals surface area contributed by atoms with Gasteiger partial charge in [-0.05, 0) is 35.4 Å². The molecule has 0 aliphatic carbocycles. The molecule has 144 valence electrons. The van der Waals surface area contributed by atoms with Gasteiger partial charge in [-0.3, -0.25) is 4.79 Å². The van der Waals surface area contributed by atoms with Crippen molar-refractivity contribution in [2.24, 2.45) is 0 Å². The Bertz CT molecular complexity index is 763. The van der Waals surface area contributed by atoms with Gasteiger partial charge >= 0.3 is 12.6 Å². The van der Waals surface area contributed by atoms with Gasteiger partial charge in [-0.1, -0.05) is 24.3 Å². The van der Waals surface area contributed by atoms with Crippen molar-refractivity contribution in [1.29, 1.82) is 0 Å². The zero-order valence-corrected chi connectivity index (χ0v) is 14.6. The van der Waals surface area contributed by atoms with Crippen molar-refractivity contribution in [3.05, 3.63) is 59.7 Å². The topological polar surface area (TPSA) is 76.1 Å². The lowest BCUT2D eigenvalue weighted by Crippen LogP contribution is -2.27. The summed E-state index contributed by atoms with van der Waals surface area (Å²) < 4.78 is 33.6. The Morgan fingerprint density at radius 2 is 1.56 bits per heavy atom. The number of halogens is 2. The second-order valence-corrected chi connectivity index (χ2v) is 5.78. The van der Waals surface area contributed by atoms with Crippen molar-refractivity contribution in [3.8, 4) is 11.5 Å². The van der Waals surface area contributed by atoms with Crippen LogP contribution in [0.15, 0.2) is 48.5 Å². The number of hydrogen-bond acceptors (Lipinski definition) is 4. The lowest BCUT2D eigenvalue weighted by Gasteiger charge is -2.18. The van der Waals surface area contributed by atoms with Gasteiger partial charge in [0, 0.05) is 13.6 Å². The Balaban J connectivity index is 1.86. The average Bonchev–Trinajstić information content (AvgIpc) is 2.62. The van der Waals surface area contributed by atoms with Crippen molar-refractivity contribution in [2.45, 2.75) is 19.6 Å². The quantitative estimate of drug-likeness (QED) is 0.725. The van der Waals surface area contributed by atoms with Crippen LogP contribution in [0.4, 0.5) is 8.78 Å². The second kappa shape index (κ2) is 9.51. The first-order valence-corrected chi connectivity index (χ1v) is 8.04. The third kappa shape index (κ3) is 6.93. The van der Waals surface area contributed by atoms with Crippen molar-refractivity contribution in [3.63, 3.8) is 0 Å². The fourth-order valence-electron chi connectivity index (χ4n) is 2.30. The number of benzene rings is 2. The van der Waals surface area contributed by atoms with E-state index in [1.807, 2.05) is 0 Å². The maximum Gasteiger partial charge on any atom is 0.387 e. The molecule has 0 aliphatic heterocycles. The Morgan fingerprint density at radius 3 is 2.11 bits per heavy atom. The molecule has 1 N–H and O–H groups in total. The molecule has 0 fully saturated rings. The minimum Gasteiger partial charge on any atom is -0.482 e. The van der Waals surface area contributed by atoms with E-state index >= 15 is 0 Å². The number of carboxylic acid groups (broad SMARTS) is 1. The van der Waals surface area contributed by atoms with Crippen LogP contribution in [0.3, 0.4) is 0 Å². The van der Waals surface area contributed by atoms with Gasteiger partial charge in [0.25, 0.3) is 0 Å². The molecular weight excluding hydrogens is 360 g/mol. The molecule has 0 saturated heterocycles. The third-order valence-corrected chi connectivity index (χ3v) is 3.64. The number of nitrogens with zero attached hydrogens (tertiary/aromatic N) is 1. The van der Waals surface area contributed by atoms with Crippen LogP contribution in [-0.4, -0.2) is 42.1 Å². The summed E-state index contributed by atoms with van der Waals surface area (Å²) in [5, 5.41) is 8.57. The first-order chi connectivity index (χ1) is 12.8. The SMILES string of the molecule is CN(Cc1ccc(OCC(=O)O)cc1)C(=O)Cc1ccc(OC(F)F)cc1. The Kier molecular flexibility index (Phi) is 7.10. The smallest absolute Gasteiger partial charge is 0.387 e. The predicted octanol–water partition coefficient (Wildman–Crippen LogP) is 2.95. The molecular formula is C19H19F2NO5. The summed E-state index contributed by atoms with van der Waals surface area (Å²) >= 11 is 0. The number of aliphatic carboxylic acids is 1. The highest BCUT2D eigenvalue weighted by Crippen LogP contribution is 2.17. The summed E-state index contributed by atoms with van der Waals surface area (Å²) in [7, 11) is 1.66. The predicted molar refractivity (Wildman–Crippen MR) is 92.8 cm³/mol. The minimum atomic E-state index is -2.88. The van der Waals surface area contributed by atoms with E-state index in [-0.39, 0.29) is 18.1 Å². The number of carbonyl (C=O) groups is 2. The molecule has 0 heterocycles. The summed E-state index contributed by atoms with van der Waals surface area (Å²) in [5.41, 5.74) is 1.54. The van der Waals surface area contributed by atoms with Gasteiger partial charge in [0.05, 0.1) is 6.42 Å². The van der Waals surface area contributed by atoms with E-state index in [0.717, 1.165) is 5.56 Å². The second-order valence-electron chi connectivity index (χ2n) is 5.78. The number of carboxylic acids is 1. The molecule has 0 radical (unpaired) electrons. The number of alkyl halides is 2. The van der Waals surface area contributed by atoms with Crippen LogP contribution < -0.4 is 9.47 Å². The van der Waals surface area contributed by atoms with Crippen LogP contribution in [0.2, 0.25) is 0 Å². The summed E-state index contributed by atoms with van der Waals surface area (Å²) in [6.07, 6.45) is 0.130. The molecule has 6 nitrogen and oxygen atoms in total. The van der Waals surface area contributed by atoms with Crippen molar-refractivity contribution < 1.29 is 33.0 Å². The van der Waals surface area contributed by atoms with E-state index in [0.29, 0.717) is 17.9 Å². The van der Waals surface area contributed by atoms with Crippen molar-refractivity contribution in [1.82, 2.24) is 4.90 Å². The number of amides is 1. The van der Waals surface area contributed by atoms with E-state index in [4.69, 9.17) is 9.84 Å². The summed E-state index contributed by atoms with van der Waals surface area (Å²) in [6.45, 7) is -2.94. The highest BCUT2D eigenvalue weighted by Gasteiger charge is 2.11. The zero-order valence-electron chi connectivity index (χ0n) is 14.6. The van der Waals surface area contributed by atoms with Crippen molar-refractivity contribution >= 4 is 11.9 Å². The fourth-order valence-corrected chi connectivity index (χ4v) is 2.30. The molecule has 1 amide bonds. The van der Waals surface area contributed by atoms with Crippen LogP contribution in [0.5, 0.6) is 11.5 Å². The molecule has 8 heteroatoms. The number of carbonyl (C=O) groups excluding carboxylic acids is 1. The highest BCUT2D eigenvalue weighted by molar-refractivity contribution is 5.78. The largest absolute Gasteiger partial charge is 0.482 e. The maximum absolute atomic E-state index is 12.3.